The maximum atomic E-state index is 12.8. The summed E-state index contributed by atoms with van der Waals surface area (Å²) in [5.74, 6) is -1.38. The van der Waals surface area contributed by atoms with Gasteiger partial charge in [-0.3, -0.25) is 0 Å². The molecule has 1 aromatic rings. The molecule has 0 unspecified atom stereocenters. The third-order valence-corrected chi connectivity index (χ3v) is 2.07. The van der Waals surface area contributed by atoms with Crippen molar-refractivity contribution in [3.63, 3.8) is 0 Å². The van der Waals surface area contributed by atoms with Gasteiger partial charge in [0, 0.05) is 5.56 Å². The van der Waals surface area contributed by atoms with Gasteiger partial charge in [-0.1, -0.05) is 11.6 Å². The smallest absolute Gasteiger partial charge is 0.241 e. The summed E-state index contributed by atoms with van der Waals surface area (Å²) in [4.78, 5) is 3.37. The van der Waals surface area contributed by atoms with E-state index >= 15 is 0 Å². The Balaban J connectivity index is 3.35. The zero-order valence-electron chi connectivity index (χ0n) is 6.20. The molecule has 0 aliphatic rings. The number of hydrogen-bond acceptors (Lipinski definition) is 1. The summed E-state index contributed by atoms with van der Waals surface area (Å²) in [6.07, 6.45) is -2.28. The number of pyridine rings is 1. The molecule has 1 rings (SSSR count). The Morgan fingerprint density at radius 1 is 1.46 bits per heavy atom. The largest absolute Gasteiger partial charge is 0.267 e. The average molecular weight is 230 g/mol. The third kappa shape index (κ3) is 2.06. The van der Waals surface area contributed by atoms with Crippen LogP contribution in [0.4, 0.5) is 13.2 Å². The molecule has 72 valence electrons. The van der Waals surface area contributed by atoms with Crippen LogP contribution in [-0.2, 0) is 5.88 Å². The molecule has 0 bridgehead atoms. The van der Waals surface area contributed by atoms with E-state index in [0.29, 0.717) is 6.20 Å². The maximum Gasteiger partial charge on any atom is 0.267 e. The summed E-state index contributed by atoms with van der Waals surface area (Å²) < 4.78 is 37.3. The molecule has 0 amide bonds. The molecule has 0 N–H and O–H groups in total. The Hall–Kier alpha value is -0.480. The van der Waals surface area contributed by atoms with Crippen LogP contribution < -0.4 is 0 Å². The van der Waals surface area contributed by atoms with Crippen molar-refractivity contribution in [2.24, 2.45) is 0 Å². The lowest BCUT2D eigenvalue weighted by Gasteiger charge is -2.07. The molecule has 1 nitrogen and oxygen atoms in total. The minimum atomic E-state index is -2.94. The van der Waals surface area contributed by atoms with Crippen LogP contribution in [0.25, 0.3) is 0 Å². The first-order valence-electron chi connectivity index (χ1n) is 3.24. The zero-order chi connectivity index (χ0) is 10.0. The van der Waals surface area contributed by atoms with Crippen molar-refractivity contribution in [3.05, 3.63) is 28.3 Å². The lowest BCUT2D eigenvalue weighted by atomic mass is 10.1. The molecule has 0 fully saturated rings. The second-order valence-electron chi connectivity index (χ2n) is 2.22. The second-order valence-corrected chi connectivity index (χ2v) is 2.85. The molecule has 0 radical (unpaired) electrons. The predicted molar refractivity (Wildman–Crippen MR) is 43.7 cm³/mol. The van der Waals surface area contributed by atoms with Crippen LogP contribution in [0.5, 0.6) is 0 Å². The summed E-state index contributed by atoms with van der Waals surface area (Å²) in [7, 11) is 0. The highest BCUT2D eigenvalue weighted by molar-refractivity contribution is 6.31. The fourth-order valence-corrected chi connectivity index (χ4v) is 1.44. The Bertz CT molecular complexity index is 317. The van der Waals surface area contributed by atoms with E-state index in [2.05, 4.69) is 4.98 Å². The van der Waals surface area contributed by atoms with Gasteiger partial charge in [0.15, 0.2) is 5.82 Å². The fraction of sp³-hybridized carbons (Fsp3) is 0.286. The number of nitrogens with zero attached hydrogens (tertiary/aromatic N) is 1. The van der Waals surface area contributed by atoms with Crippen molar-refractivity contribution in [1.29, 1.82) is 0 Å². The number of rotatable bonds is 2. The maximum absolute atomic E-state index is 12.8. The van der Waals surface area contributed by atoms with Gasteiger partial charge in [0.25, 0.3) is 6.43 Å². The van der Waals surface area contributed by atoms with E-state index in [9.17, 15) is 13.2 Å². The molecule has 0 saturated heterocycles. The number of halogens is 5. The van der Waals surface area contributed by atoms with Gasteiger partial charge < -0.3 is 0 Å². The summed E-state index contributed by atoms with van der Waals surface area (Å²) >= 11 is 10.8. The Labute approximate surface area is 82.5 Å². The van der Waals surface area contributed by atoms with Gasteiger partial charge in [0.05, 0.1) is 17.6 Å². The van der Waals surface area contributed by atoms with Crippen molar-refractivity contribution in [3.8, 4) is 0 Å². The second kappa shape index (κ2) is 4.15. The molecular weight excluding hydrogens is 226 g/mol. The van der Waals surface area contributed by atoms with Crippen LogP contribution in [0.15, 0.2) is 6.20 Å². The summed E-state index contributed by atoms with van der Waals surface area (Å²) in [6, 6.07) is 0. The molecule has 1 aromatic heterocycles. The van der Waals surface area contributed by atoms with Gasteiger partial charge in [-0.2, -0.15) is 0 Å². The fourth-order valence-electron chi connectivity index (χ4n) is 0.879. The summed E-state index contributed by atoms with van der Waals surface area (Å²) in [5, 5.41) is -0.188. The van der Waals surface area contributed by atoms with E-state index < -0.39 is 17.8 Å². The number of aromatic nitrogens is 1. The van der Waals surface area contributed by atoms with Crippen LogP contribution in [0.3, 0.4) is 0 Å². The molecule has 0 atom stereocenters. The molecule has 0 aromatic carbocycles. The summed E-state index contributed by atoms with van der Waals surface area (Å²) in [6.45, 7) is 0. The highest BCUT2D eigenvalue weighted by Gasteiger charge is 2.20. The van der Waals surface area contributed by atoms with Crippen molar-refractivity contribution >= 4 is 23.2 Å². The van der Waals surface area contributed by atoms with Crippen molar-refractivity contribution in [1.82, 2.24) is 4.98 Å². The van der Waals surface area contributed by atoms with Crippen molar-refractivity contribution in [2.45, 2.75) is 12.3 Å². The van der Waals surface area contributed by atoms with Crippen LogP contribution in [-0.4, -0.2) is 4.98 Å². The quantitative estimate of drug-likeness (QED) is 0.559. The third-order valence-electron chi connectivity index (χ3n) is 1.47. The van der Waals surface area contributed by atoms with Gasteiger partial charge in [0.1, 0.15) is 5.15 Å². The number of alkyl halides is 3. The standard InChI is InChI=1S/C7H4Cl2F3N/c8-1-3-5(7(11)12)4(10)2-13-6(3)9/h2,7H,1H2. The summed E-state index contributed by atoms with van der Waals surface area (Å²) in [5.41, 5.74) is -0.923. The molecule has 0 aliphatic carbocycles. The highest BCUT2D eigenvalue weighted by atomic mass is 35.5. The number of hydrogen-bond donors (Lipinski definition) is 0. The van der Waals surface area contributed by atoms with Crippen molar-refractivity contribution < 1.29 is 13.2 Å². The normalized spacial score (nSPS) is 10.9. The molecule has 0 saturated carbocycles. The zero-order valence-corrected chi connectivity index (χ0v) is 7.71. The molecule has 6 heteroatoms. The SMILES string of the molecule is Fc1cnc(Cl)c(CCl)c1C(F)F. The van der Waals surface area contributed by atoms with Gasteiger partial charge >= 0.3 is 0 Å². The van der Waals surface area contributed by atoms with E-state index in [0.717, 1.165) is 0 Å². The Kier molecular flexibility index (Phi) is 3.39. The van der Waals surface area contributed by atoms with E-state index in [1.54, 1.807) is 0 Å². The molecule has 13 heavy (non-hydrogen) atoms. The Morgan fingerprint density at radius 3 is 2.46 bits per heavy atom. The van der Waals surface area contributed by atoms with E-state index in [4.69, 9.17) is 23.2 Å². The molecule has 0 spiro atoms. The van der Waals surface area contributed by atoms with Gasteiger partial charge in [-0.05, 0) is 0 Å². The average Bonchev–Trinajstić information content (AvgIpc) is 2.07. The lowest BCUT2D eigenvalue weighted by Crippen LogP contribution is -2.00. The topological polar surface area (TPSA) is 12.9 Å². The van der Waals surface area contributed by atoms with Gasteiger partial charge in [-0.25, -0.2) is 18.2 Å². The van der Waals surface area contributed by atoms with Gasteiger partial charge in [-0.15, -0.1) is 11.6 Å². The van der Waals surface area contributed by atoms with E-state index in [1.807, 2.05) is 0 Å². The minimum absolute atomic E-state index is 0.154. The van der Waals surface area contributed by atoms with Crippen LogP contribution >= 0.6 is 23.2 Å². The first kappa shape index (κ1) is 10.6. The van der Waals surface area contributed by atoms with Crippen LogP contribution in [0.2, 0.25) is 5.15 Å². The van der Waals surface area contributed by atoms with Crippen LogP contribution in [0, 0.1) is 5.82 Å². The lowest BCUT2D eigenvalue weighted by molar-refractivity contribution is 0.145. The molecule has 1 heterocycles. The minimum Gasteiger partial charge on any atom is -0.241 e. The Morgan fingerprint density at radius 2 is 2.08 bits per heavy atom. The van der Waals surface area contributed by atoms with E-state index in [-0.39, 0.29) is 16.6 Å². The predicted octanol–water partition coefficient (Wildman–Crippen LogP) is 3.55. The van der Waals surface area contributed by atoms with Gasteiger partial charge in [0.2, 0.25) is 0 Å². The first-order valence-corrected chi connectivity index (χ1v) is 4.16. The first-order chi connectivity index (χ1) is 6.07. The highest BCUT2D eigenvalue weighted by Crippen LogP contribution is 2.30. The molecular formula is C7H4Cl2F3N. The molecule has 0 aliphatic heterocycles. The van der Waals surface area contributed by atoms with Crippen LogP contribution in [0.1, 0.15) is 17.6 Å². The van der Waals surface area contributed by atoms with Crippen molar-refractivity contribution in [2.75, 3.05) is 0 Å². The van der Waals surface area contributed by atoms with E-state index in [1.165, 1.54) is 0 Å². The monoisotopic (exact) mass is 229 g/mol.